The number of nitrogens with zero attached hydrogens (tertiary/aromatic N) is 8. The van der Waals surface area contributed by atoms with Crippen molar-refractivity contribution < 1.29 is 14.0 Å². The third-order valence-electron chi connectivity index (χ3n) is 4.55. The maximum atomic E-state index is 5.92. The lowest BCUT2D eigenvalue weighted by Gasteiger charge is -2.09. The molecule has 0 amide bonds. The third kappa shape index (κ3) is 3.09. The zero-order chi connectivity index (χ0) is 20.7. The molecule has 0 saturated carbocycles. The molecule has 0 N–H and O–H groups in total. The predicted molar refractivity (Wildman–Crippen MR) is 104 cm³/mol. The van der Waals surface area contributed by atoms with Crippen molar-refractivity contribution in [2.45, 2.75) is 26.9 Å². The van der Waals surface area contributed by atoms with E-state index in [2.05, 4.69) is 37.5 Å². The summed E-state index contributed by atoms with van der Waals surface area (Å²) in [5, 5.41) is 21.3. The molecule has 11 nitrogen and oxygen atoms in total. The number of aryl methyl sites for hydroxylation is 2. The van der Waals surface area contributed by atoms with Gasteiger partial charge in [-0.05, 0) is 25.5 Å². The van der Waals surface area contributed by atoms with Gasteiger partial charge in [-0.1, -0.05) is 12.1 Å². The van der Waals surface area contributed by atoms with E-state index in [1.54, 1.807) is 30.7 Å². The summed E-state index contributed by atoms with van der Waals surface area (Å²) in [5.74, 6) is 1.83. The van der Waals surface area contributed by atoms with Gasteiger partial charge in [0.1, 0.15) is 12.4 Å². The highest BCUT2D eigenvalue weighted by molar-refractivity contribution is 5.56. The van der Waals surface area contributed by atoms with E-state index in [1.807, 2.05) is 18.3 Å². The van der Waals surface area contributed by atoms with E-state index in [1.165, 1.54) is 4.52 Å². The first kappa shape index (κ1) is 18.0. The van der Waals surface area contributed by atoms with Crippen molar-refractivity contribution in [3.8, 4) is 23.1 Å². The van der Waals surface area contributed by atoms with Gasteiger partial charge in [-0.3, -0.25) is 0 Å². The highest BCUT2D eigenvalue weighted by atomic mass is 16.5. The number of hydrogen-bond donors (Lipinski definition) is 0. The molecule has 152 valence electrons. The number of imidazole rings is 1. The quantitative estimate of drug-likeness (QED) is 0.418. The first-order valence-electron chi connectivity index (χ1n) is 9.35. The summed E-state index contributed by atoms with van der Waals surface area (Å²) in [4.78, 5) is 4.48. The molecule has 5 aromatic heterocycles. The molecule has 0 saturated heterocycles. The Morgan fingerprint density at radius 2 is 1.97 bits per heavy atom. The van der Waals surface area contributed by atoms with Crippen LogP contribution in [0.2, 0.25) is 0 Å². The largest absolute Gasteiger partial charge is 0.491 e. The van der Waals surface area contributed by atoms with Gasteiger partial charge in [0.15, 0.2) is 22.7 Å². The average Bonchev–Trinajstić information content (AvgIpc) is 3.48. The maximum Gasteiger partial charge on any atom is 0.275 e. The molecule has 0 bridgehead atoms. The van der Waals surface area contributed by atoms with Crippen LogP contribution in [-0.2, 0) is 13.0 Å². The number of fused-ring (bicyclic) bond motifs is 2. The molecule has 5 rings (SSSR count). The van der Waals surface area contributed by atoms with Crippen LogP contribution >= 0.6 is 0 Å². The number of ether oxygens (including phenoxy) is 2. The summed E-state index contributed by atoms with van der Waals surface area (Å²) in [7, 11) is 1.54. The van der Waals surface area contributed by atoms with Crippen molar-refractivity contribution in [2.75, 3.05) is 7.11 Å². The normalized spacial score (nSPS) is 11.4. The lowest BCUT2D eigenvalue weighted by molar-refractivity contribution is 0.263. The lowest BCUT2D eigenvalue weighted by Crippen LogP contribution is -2.06. The second kappa shape index (κ2) is 7.10. The smallest absolute Gasteiger partial charge is 0.275 e. The zero-order valence-corrected chi connectivity index (χ0v) is 16.6. The fourth-order valence-electron chi connectivity index (χ4n) is 3.04. The van der Waals surface area contributed by atoms with Crippen molar-refractivity contribution in [3.05, 3.63) is 47.6 Å². The lowest BCUT2D eigenvalue weighted by atomic mass is 10.3. The second-order valence-corrected chi connectivity index (χ2v) is 6.64. The zero-order valence-electron chi connectivity index (χ0n) is 16.6. The van der Waals surface area contributed by atoms with Gasteiger partial charge in [0.25, 0.3) is 5.88 Å². The van der Waals surface area contributed by atoms with Gasteiger partial charge >= 0.3 is 0 Å². The minimum absolute atomic E-state index is 0.199. The van der Waals surface area contributed by atoms with E-state index in [0.29, 0.717) is 28.7 Å². The molecule has 5 heterocycles. The maximum absolute atomic E-state index is 5.92. The summed E-state index contributed by atoms with van der Waals surface area (Å²) in [6.45, 7) is 4.06. The number of hydrogen-bond acceptors (Lipinski definition) is 9. The number of methoxy groups -OCH3 is 1. The van der Waals surface area contributed by atoms with E-state index < -0.39 is 0 Å². The highest BCUT2D eigenvalue weighted by Gasteiger charge is 2.18. The predicted octanol–water partition coefficient (Wildman–Crippen LogP) is 2.28. The van der Waals surface area contributed by atoms with Crippen LogP contribution in [0.5, 0.6) is 11.6 Å². The minimum atomic E-state index is 0.199. The molecular weight excluding hydrogens is 388 g/mol. The van der Waals surface area contributed by atoms with Crippen LogP contribution in [0.3, 0.4) is 0 Å². The molecule has 0 aliphatic carbocycles. The molecule has 11 heteroatoms. The molecular formula is C19H18N8O3. The Labute approximate surface area is 170 Å². The Morgan fingerprint density at radius 3 is 2.73 bits per heavy atom. The van der Waals surface area contributed by atoms with Gasteiger partial charge in [-0.2, -0.15) is 9.61 Å². The van der Waals surface area contributed by atoms with Crippen LogP contribution in [0.25, 0.3) is 22.8 Å². The molecule has 0 aromatic carbocycles. The topological polar surface area (TPSA) is 118 Å². The molecule has 0 spiro atoms. The van der Waals surface area contributed by atoms with Crippen LogP contribution in [0.15, 0.2) is 35.0 Å². The van der Waals surface area contributed by atoms with Gasteiger partial charge in [0.2, 0.25) is 5.82 Å². The molecule has 0 aliphatic heterocycles. The minimum Gasteiger partial charge on any atom is -0.491 e. The second-order valence-electron chi connectivity index (χ2n) is 6.64. The summed E-state index contributed by atoms with van der Waals surface area (Å²) in [5.41, 5.74) is 3.53. The third-order valence-corrected chi connectivity index (χ3v) is 4.55. The van der Waals surface area contributed by atoms with Gasteiger partial charge in [0.05, 0.1) is 24.7 Å². The van der Waals surface area contributed by atoms with E-state index >= 15 is 0 Å². The Morgan fingerprint density at radius 1 is 1.07 bits per heavy atom. The molecule has 0 aliphatic rings. The first-order valence-corrected chi connectivity index (χ1v) is 9.35. The van der Waals surface area contributed by atoms with Gasteiger partial charge in [0, 0.05) is 12.1 Å². The highest BCUT2D eigenvalue weighted by Crippen LogP contribution is 2.28. The Bertz CT molecular complexity index is 1350. The molecule has 30 heavy (non-hydrogen) atoms. The fourth-order valence-corrected chi connectivity index (χ4v) is 3.04. The summed E-state index contributed by atoms with van der Waals surface area (Å²) >= 11 is 0. The molecule has 0 atom stereocenters. The average molecular weight is 406 g/mol. The van der Waals surface area contributed by atoms with E-state index in [4.69, 9.17) is 14.0 Å². The number of aromatic nitrogens is 8. The van der Waals surface area contributed by atoms with Crippen molar-refractivity contribution >= 4 is 11.3 Å². The summed E-state index contributed by atoms with van der Waals surface area (Å²) < 4.78 is 19.7. The van der Waals surface area contributed by atoms with Crippen molar-refractivity contribution in [1.82, 2.24) is 39.6 Å². The van der Waals surface area contributed by atoms with Crippen LogP contribution in [0, 0.1) is 6.92 Å². The van der Waals surface area contributed by atoms with E-state index in [9.17, 15) is 0 Å². The summed E-state index contributed by atoms with van der Waals surface area (Å²) in [6, 6.07) is 7.24. The SMILES string of the molecule is CCc1cn2nc(COc3nn4c(-c5cc(C)on5)nnc4cc3OC)ccc2n1. The van der Waals surface area contributed by atoms with E-state index in [-0.39, 0.29) is 12.5 Å². The Balaban J connectivity index is 1.47. The van der Waals surface area contributed by atoms with E-state index in [0.717, 1.165) is 23.5 Å². The monoisotopic (exact) mass is 406 g/mol. The molecule has 0 unspecified atom stereocenters. The Kier molecular flexibility index (Phi) is 4.27. The van der Waals surface area contributed by atoms with Crippen molar-refractivity contribution in [2.24, 2.45) is 0 Å². The number of rotatable bonds is 6. The molecule has 0 fully saturated rings. The van der Waals surface area contributed by atoms with Crippen LogP contribution in [-0.4, -0.2) is 46.7 Å². The molecule has 5 aromatic rings. The van der Waals surface area contributed by atoms with Crippen molar-refractivity contribution in [1.29, 1.82) is 0 Å². The summed E-state index contributed by atoms with van der Waals surface area (Å²) in [6.07, 6.45) is 2.76. The van der Waals surface area contributed by atoms with Gasteiger partial charge in [-0.15, -0.1) is 15.3 Å². The first-order chi connectivity index (χ1) is 14.6. The Hall–Kier alpha value is -4.02. The fraction of sp³-hybridized carbons (Fsp3) is 0.263. The standard InChI is InChI=1S/C19H18N8O3/c1-4-12-9-26-16(20-12)6-5-13(23-26)10-29-19-15(28-3)8-17-21-22-18(27(17)24-19)14-7-11(2)30-25-14/h5-9H,4,10H2,1-3H3. The van der Waals surface area contributed by atoms with Crippen LogP contribution in [0.1, 0.15) is 24.1 Å². The van der Waals surface area contributed by atoms with Crippen LogP contribution < -0.4 is 9.47 Å². The van der Waals surface area contributed by atoms with Gasteiger partial charge in [-0.25, -0.2) is 9.50 Å². The van der Waals surface area contributed by atoms with Gasteiger partial charge < -0.3 is 14.0 Å². The van der Waals surface area contributed by atoms with Crippen molar-refractivity contribution in [3.63, 3.8) is 0 Å². The molecule has 0 radical (unpaired) electrons. The van der Waals surface area contributed by atoms with Crippen LogP contribution in [0.4, 0.5) is 0 Å².